The van der Waals surface area contributed by atoms with Crippen LogP contribution in [0.15, 0.2) is 22.5 Å². The molecule has 0 radical (unpaired) electrons. The normalized spacial score (nSPS) is 14.0. The third-order valence-electron chi connectivity index (χ3n) is 3.94. The van der Waals surface area contributed by atoms with E-state index in [2.05, 4.69) is 26.9 Å². The number of nitrogens with zero attached hydrogens (tertiary/aromatic N) is 2. The Labute approximate surface area is 154 Å². The van der Waals surface area contributed by atoms with Crippen molar-refractivity contribution in [3.05, 3.63) is 29.3 Å². The van der Waals surface area contributed by atoms with E-state index in [1.165, 1.54) is 23.1 Å². The van der Waals surface area contributed by atoms with Crippen LogP contribution in [-0.2, 0) is 9.59 Å². The maximum Gasteiger partial charge on any atom is 0.234 e. The average molecular weight is 377 g/mol. The number of hydrogen-bond donors (Lipinski definition) is 2. The molecule has 3 rings (SSSR count). The summed E-state index contributed by atoms with van der Waals surface area (Å²) in [6.45, 7) is 4.00. The Kier molecular flexibility index (Phi) is 5.70. The summed E-state index contributed by atoms with van der Waals surface area (Å²) >= 11 is 2.61. The van der Waals surface area contributed by atoms with Crippen molar-refractivity contribution in [2.45, 2.75) is 37.4 Å². The van der Waals surface area contributed by atoms with E-state index in [1.54, 1.807) is 0 Å². The van der Waals surface area contributed by atoms with Gasteiger partial charge in [0.15, 0.2) is 4.34 Å². The number of hydrogen-bond acceptors (Lipinski definition) is 6. The highest BCUT2D eigenvalue weighted by Gasteiger charge is 2.26. The molecule has 0 saturated heterocycles. The van der Waals surface area contributed by atoms with Crippen molar-refractivity contribution in [2.75, 3.05) is 16.4 Å². The van der Waals surface area contributed by atoms with Crippen LogP contribution < -0.4 is 10.6 Å². The first-order valence-corrected chi connectivity index (χ1v) is 9.95. The molecule has 6 nitrogen and oxygen atoms in total. The van der Waals surface area contributed by atoms with Crippen molar-refractivity contribution in [1.29, 1.82) is 0 Å². The van der Waals surface area contributed by atoms with Crippen molar-refractivity contribution in [2.24, 2.45) is 5.92 Å². The van der Waals surface area contributed by atoms with Crippen LogP contribution in [0.5, 0.6) is 0 Å². The van der Waals surface area contributed by atoms with Crippen molar-refractivity contribution in [1.82, 2.24) is 10.2 Å². The molecule has 2 N–H and O–H groups in total. The van der Waals surface area contributed by atoms with Gasteiger partial charge in [0.05, 0.1) is 5.75 Å². The molecular weight excluding hydrogens is 356 g/mol. The van der Waals surface area contributed by atoms with E-state index < -0.39 is 0 Å². The lowest BCUT2D eigenvalue weighted by atomic mass is 9.85. The van der Waals surface area contributed by atoms with Crippen LogP contribution in [-0.4, -0.2) is 27.8 Å². The van der Waals surface area contributed by atoms with E-state index in [4.69, 9.17) is 0 Å². The first kappa shape index (κ1) is 17.9. The minimum atomic E-state index is -0.0924. The van der Waals surface area contributed by atoms with Crippen molar-refractivity contribution in [3.8, 4) is 0 Å². The maximum atomic E-state index is 12.1. The van der Waals surface area contributed by atoms with Gasteiger partial charge in [-0.3, -0.25) is 9.59 Å². The Bertz CT molecular complexity index is 766. The topological polar surface area (TPSA) is 84.0 Å². The Hall–Kier alpha value is -1.93. The van der Waals surface area contributed by atoms with Crippen LogP contribution >= 0.6 is 23.1 Å². The van der Waals surface area contributed by atoms with E-state index in [0.29, 0.717) is 9.47 Å². The fourth-order valence-corrected chi connectivity index (χ4v) is 4.12. The second kappa shape index (κ2) is 7.97. The molecule has 0 bridgehead atoms. The number of anilines is 2. The number of amides is 2. The summed E-state index contributed by atoms with van der Waals surface area (Å²) in [6.07, 6.45) is 3.01. The largest absolute Gasteiger partial charge is 0.325 e. The molecule has 1 saturated carbocycles. The smallest absolute Gasteiger partial charge is 0.234 e. The van der Waals surface area contributed by atoms with Gasteiger partial charge in [-0.15, -0.1) is 10.2 Å². The first-order valence-electron chi connectivity index (χ1n) is 8.15. The lowest BCUT2D eigenvalue weighted by Gasteiger charge is -2.23. The highest BCUT2D eigenvalue weighted by atomic mass is 32.2. The predicted octanol–water partition coefficient (Wildman–Crippen LogP) is 3.62. The average Bonchev–Trinajstić information content (AvgIpc) is 2.89. The molecular formula is C17H20N4O2S2. The Morgan fingerprint density at radius 2 is 1.88 bits per heavy atom. The summed E-state index contributed by atoms with van der Waals surface area (Å²) in [7, 11) is 0. The minimum absolute atomic E-state index is 0.0199. The van der Waals surface area contributed by atoms with Crippen LogP contribution in [0, 0.1) is 19.8 Å². The van der Waals surface area contributed by atoms with E-state index in [1.807, 2.05) is 26.0 Å². The SMILES string of the molecule is Cc1cc(C)cc(NC(=O)CSc2nnc(NC(=O)C3CCC3)s2)c1. The molecule has 0 unspecified atom stereocenters. The molecule has 0 atom stereocenters. The summed E-state index contributed by atoms with van der Waals surface area (Å²) in [5, 5.41) is 14.2. The van der Waals surface area contributed by atoms with Gasteiger partial charge in [0.1, 0.15) is 0 Å². The van der Waals surface area contributed by atoms with Crippen LogP contribution in [0.25, 0.3) is 0 Å². The van der Waals surface area contributed by atoms with Gasteiger partial charge in [-0.1, -0.05) is 35.6 Å². The van der Waals surface area contributed by atoms with Gasteiger partial charge in [0.2, 0.25) is 16.9 Å². The lowest BCUT2D eigenvalue weighted by Crippen LogP contribution is -2.27. The van der Waals surface area contributed by atoms with E-state index in [-0.39, 0.29) is 23.5 Å². The van der Waals surface area contributed by atoms with Crippen LogP contribution in [0.2, 0.25) is 0 Å². The van der Waals surface area contributed by atoms with E-state index in [9.17, 15) is 9.59 Å². The Morgan fingerprint density at radius 3 is 2.52 bits per heavy atom. The molecule has 0 spiro atoms. The second-order valence-corrected chi connectivity index (χ2v) is 8.40. The zero-order valence-electron chi connectivity index (χ0n) is 14.2. The Morgan fingerprint density at radius 1 is 1.16 bits per heavy atom. The van der Waals surface area contributed by atoms with E-state index >= 15 is 0 Å². The number of aromatic nitrogens is 2. The lowest BCUT2D eigenvalue weighted by molar-refractivity contribution is -0.122. The minimum Gasteiger partial charge on any atom is -0.325 e. The summed E-state index contributed by atoms with van der Waals surface area (Å²) in [5.74, 6) is 0.290. The third-order valence-corrected chi connectivity index (χ3v) is 5.92. The molecule has 25 heavy (non-hydrogen) atoms. The fourth-order valence-electron chi connectivity index (χ4n) is 2.57. The molecule has 1 aromatic heterocycles. The molecule has 132 valence electrons. The number of rotatable bonds is 6. The summed E-state index contributed by atoms with van der Waals surface area (Å²) < 4.78 is 0.666. The highest BCUT2D eigenvalue weighted by Crippen LogP contribution is 2.30. The van der Waals surface area contributed by atoms with Gasteiger partial charge in [-0.2, -0.15) is 0 Å². The second-order valence-electron chi connectivity index (χ2n) is 6.20. The van der Waals surface area contributed by atoms with Crippen molar-refractivity contribution in [3.63, 3.8) is 0 Å². The number of benzene rings is 1. The molecule has 1 heterocycles. The monoisotopic (exact) mass is 376 g/mol. The predicted molar refractivity (Wildman–Crippen MR) is 101 cm³/mol. The molecule has 1 aliphatic carbocycles. The van der Waals surface area contributed by atoms with Gasteiger partial charge in [0.25, 0.3) is 0 Å². The quantitative estimate of drug-likeness (QED) is 0.594. The van der Waals surface area contributed by atoms with Crippen LogP contribution in [0.1, 0.15) is 30.4 Å². The maximum absolute atomic E-state index is 12.1. The van der Waals surface area contributed by atoms with Gasteiger partial charge in [-0.25, -0.2) is 0 Å². The molecule has 2 amide bonds. The molecule has 0 aliphatic heterocycles. The number of thioether (sulfide) groups is 1. The highest BCUT2D eigenvalue weighted by molar-refractivity contribution is 8.01. The third kappa shape index (κ3) is 5.02. The van der Waals surface area contributed by atoms with Crippen LogP contribution in [0.4, 0.5) is 10.8 Å². The zero-order chi connectivity index (χ0) is 17.8. The van der Waals surface area contributed by atoms with Crippen molar-refractivity contribution >= 4 is 45.7 Å². The molecule has 1 aliphatic rings. The standard InChI is InChI=1S/C17H20N4O2S2/c1-10-6-11(2)8-13(7-10)18-14(22)9-24-17-21-20-16(25-17)19-15(23)12-4-3-5-12/h6-8,12H,3-5,9H2,1-2H3,(H,18,22)(H,19,20,23). The van der Waals surface area contributed by atoms with Crippen molar-refractivity contribution < 1.29 is 9.59 Å². The van der Waals surface area contributed by atoms with Crippen LogP contribution in [0.3, 0.4) is 0 Å². The van der Waals surface area contributed by atoms with Gasteiger partial charge in [-0.05, 0) is 49.9 Å². The van der Waals surface area contributed by atoms with Gasteiger partial charge >= 0.3 is 0 Å². The molecule has 1 fully saturated rings. The molecule has 2 aromatic rings. The van der Waals surface area contributed by atoms with E-state index in [0.717, 1.165) is 36.1 Å². The first-order chi connectivity index (χ1) is 12.0. The molecule has 8 heteroatoms. The number of aryl methyl sites for hydroxylation is 2. The summed E-state index contributed by atoms with van der Waals surface area (Å²) in [5.41, 5.74) is 3.02. The fraction of sp³-hybridized carbons (Fsp3) is 0.412. The summed E-state index contributed by atoms with van der Waals surface area (Å²) in [6, 6.07) is 5.94. The number of nitrogens with one attached hydrogen (secondary N) is 2. The van der Waals surface area contributed by atoms with Gasteiger partial charge < -0.3 is 10.6 Å². The summed E-state index contributed by atoms with van der Waals surface area (Å²) in [4.78, 5) is 24.0. The molecule has 1 aromatic carbocycles. The zero-order valence-corrected chi connectivity index (χ0v) is 15.8. The Balaban J connectivity index is 1.48. The van der Waals surface area contributed by atoms with Gasteiger partial charge in [0, 0.05) is 11.6 Å². The number of carbonyl (C=O) groups is 2. The number of carbonyl (C=O) groups excluding carboxylic acids is 2.